The summed E-state index contributed by atoms with van der Waals surface area (Å²) in [5, 5.41) is 21.9. The van der Waals surface area contributed by atoms with Crippen LogP contribution in [0.1, 0.15) is 40.0 Å². The summed E-state index contributed by atoms with van der Waals surface area (Å²) < 4.78 is 4.94. The maximum atomic E-state index is 11.4. The van der Waals surface area contributed by atoms with E-state index < -0.39 is 17.0 Å². The minimum atomic E-state index is -1.08. The highest BCUT2D eigenvalue weighted by Gasteiger charge is 2.40. The molecule has 0 fully saturated rings. The van der Waals surface area contributed by atoms with Gasteiger partial charge in [0, 0.05) is 19.3 Å². The van der Waals surface area contributed by atoms with Crippen LogP contribution in [0.2, 0.25) is 0 Å². The Morgan fingerprint density at radius 2 is 1.88 bits per heavy atom. The molecule has 0 aliphatic carbocycles. The van der Waals surface area contributed by atoms with Gasteiger partial charge in [-0.1, -0.05) is 13.8 Å². The minimum Gasteiger partial charge on any atom is -0.480 e. The molecule has 17 heavy (non-hydrogen) atoms. The average Bonchev–Trinajstić information content (AvgIpc) is 2.33. The Kier molecular flexibility index (Phi) is 6.67. The van der Waals surface area contributed by atoms with Crippen LogP contribution in [0.3, 0.4) is 0 Å². The van der Waals surface area contributed by atoms with E-state index in [0.717, 1.165) is 0 Å². The molecular weight excluding hydrogens is 222 g/mol. The molecular formula is C12H25NO4. The van der Waals surface area contributed by atoms with Crippen LogP contribution in [0.25, 0.3) is 0 Å². The van der Waals surface area contributed by atoms with Gasteiger partial charge in [-0.3, -0.25) is 10.1 Å². The van der Waals surface area contributed by atoms with Crippen LogP contribution in [0.15, 0.2) is 0 Å². The van der Waals surface area contributed by atoms with Crippen molar-refractivity contribution in [1.82, 2.24) is 5.32 Å². The van der Waals surface area contributed by atoms with Crippen molar-refractivity contribution >= 4 is 5.97 Å². The normalized spacial score (nSPS) is 15.6. The fourth-order valence-electron chi connectivity index (χ4n) is 1.80. The average molecular weight is 247 g/mol. The standard InChI is InChI=1S/C12H25NO4/c1-5-12(6-2,9-14)13-11(3,10(15)16)7-8-17-4/h13-14H,5-9H2,1-4H3,(H,15,16). The summed E-state index contributed by atoms with van der Waals surface area (Å²) in [5.41, 5.74) is -1.62. The largest absolute Gasteiger partial charge is 0.480 e. The van der Waals surface area contributed by atoms with Crippen molar-refractivity contribution in [2.45, 2.75) is 51.1 Å². The monoisotopic (exact) mass is 247 g/mol. The fraction of sp³-hybridized carbons (Fsp3) is 0.917. The Morgan fingerprint density at radius 3 is 2.18 bits per heavy atom. The molecule has 0 aromatic carbocycles. The third kappa shape index (κ3) is 4.26. The molecule has 0 aromatic rings. The number of carboxylic acid groups (broad SMARTS) is 1. The van der Waals surface area contributed by atoms with Gasteiger partial charge in [-0.25, -0.2) is 0 Å². The number of hydrogen-bond acceptors (Lipinski definition) is 4. The second-order valence-electron chi connectivity index (χ2n) is 4.65. The lowest BCUT2D eigenvalue weighted by atomic mass is 9.87. The number of hydrogen-bond donors (Lipinski definition) is 3. The molecule has 5 heteroatoms. The molecule has 0 saturated heterocycles. The topological polar surface area (TPSA) is 78.8 Å². The molecule has 102 valence electrons. The second-order valence-corrected chi connectivity index (χ2v) is 4.65. The summed E-state index contributed by atoms with van der Waals surface area (Å²) in [6.07, 6.45) is 1.71. The molecule has 0 aliphatic rings. The first-order valence-corrected chi connectivity index (χ1v) is 6.02. The number of rotatable bonds is 9. The first-order chi connectivity index (χ1) is 7.89. The number of methoxy groups -OCH3 is 1. The van der Waals surface area contributed by atoms with Crippen molar-refractivity contribution in [2.75, 3.05) is 20.3 Å². The van der Waals surface area contributed by atoms with Crippen LogP contribution in [0, 0.1) is 0 Å². The van der Waals surface area contributed by atoms with Gasteiger partial charge in [0.2, 0.25) is 0 Å². The van der Waals surface area contributed by atoms with Crippen molar-refractivity contribution in [3.05, 3.63) is 0 Å². The molecule has 0 heterocycles. The number of aliphatic hydroxyl groups is 1. The molecule has 1 unspecified atom stereocenters. The van der Waals surface area contributed by atoms with E-state index in [1.54, 1.807) is 14.0 Å². The summed E-state index contributed by atoms with van der Waals surface area (Å²) in [7, 11) is 1.54. The maximum Gasteiger partial charge on any atom is 0.323 e. The number of aliphatic carboxylic acids is 1. The van der Waals surface area contributed by atoms with Gasteiger partial charge in [0.05, 0.1) is 6.61 Å². The third-order valence-electron chi connectivity index (χ3n) is 3.48. The predicted molar refractivity (Wildman–Crippen MR) is 66.1 cm³/mol. The molecule has 0 bridgehead atoms. The van der Waals surface area contributed by atoms with Crippen LogP contribution >= 0.6 is 0 Å². The highest BCUT2D eigenvalue weighted by molar-refractivity contribution is 5.78. The number of nitrogens with one attached hydrogen (secondary N) is 1. The Hall–Kier alpha value is -0.650. The third-order valence-corrected chi connectivity index (χ3v) is 3.48. The van der Waals surface area contributed by atoms with Gasteiger partial charge in [0.15, 0.2) is 0 Å². The summed E-state index contributed by atoms with van der Waals surface area (Å²) in [4.78, 5) is 11.4. The van der Waals surface area contributed by atoms with Crippen molar-refractivity contribution < 1.29 is 19.7 Å². The number of aliphatic hydroxyl groups excluding tert-OH is 1. The quantitative estimate of drug-likeness (QED) is 0.566. The highest BCUT2D eigenvalue weighted by Crippen LogP contribution is 2.21. The van der Waals surface area contributed by atoms with Crippen LogP contribution in [-0.4, -0.2) is 47.6 Å². The number of carbonyl (C=O) groups is 1. The van der Waals surface area contributed by atoms with E-state index >= 15 is 0 Å². The van der Waals surface area contributed by atoms with E-state index in [4.69, 9.17) is 4.74 Å². The van der Waals surface area contributed by atoms with Gasteiger partial charge in [-0.15, -0.1) is 0 Å². The van der Waals surface area contributed by atoms with Gasteiger partial charge >= 0.3 is 5.97 Å². The molecule has 0 spiro atoms. The van der Waals surface area contributed by atoms with Gasteiger partial charge < -0.3 is 14.9 Å². The molecule has 0 radical (unpaired) electrons. The Morgan fingerprint density at radius 1 is 1.35 bits per heavy atom. The molecule has 0 rings (SSSR count). The van der Waals surface area contributed by atoms with E-state index in [0.29, 0.717) is 25.9 Å². The zero-order valence-corrected chi connectivity index (χ0v) is 11.2. The smallest absolute Gasteiger partial charge is 0.323 e. The second kappa shape index (κ2) is 6.93. The maximum absolute atomic E-state index is 11.4. The summed E-state index contributed by atoms with van der Waals surface area (Å²) >= 11 is 0. The fourth-order valence-corrected chi connectivity index (χ4v) is 1.80. The summed E-state index contributed by atoms with van der Waals surface area (Å²) in [5.74, 6) is -0.922. The predicted octanol–water partition coefficient (Wildman–Crippen LogP) is 1.01. The summed E-state index contributed by atoms with van der Waals surface area (Å²) in [6.45, 7) is 5.79. The first kappa shape index (κ1) is 16.4. The Labute approximate surface area is 103 Å². The van der Waals surface area contributed by atoms with Gasteiger partial charge in [-0.05, 0) is 26.2 Å². The van der Waals surface area contributed by atoms with Crippen LogP contribution in [-0.2, 0) is 9.53 Å². The number of ether oxygens (including phenoxy) is 1. The zero-order valence-electron chi connectivity index (χ0n) is 11.2. The van der Waals surface area contributed by atoms with E-state index in [1.807, 2.05) is 13.8 Å². The molecule has 5 nitrogen and oxygen atoms in total. The van der Waals surface area contributed by atoms with E-state index in [9.17, 15) is 15.0 Å². The SMILES string of the molecule is CCC(CC)(CO)NC(C)(CCOC)C(=O)O. The molecule has 0 aliphatic heterocycles. The van der Waals surface area contributed by atoms with E-state index in [1.165, 1.54) is 0 Å². The lowest BCUT2D eigenvalue weighted by molar-refractivity contribution is -0.146. The van der Waals surface area contributed by atoms with Crippen molar-refractivity contribution in [3.63, 3.8) is 0 Å². The van der Waals surface area contributed by atoms with Crippen molar-refractivity contribution in [2.24, 2.45) is 0 Å². The molecule has 0 aromatic heterocycles. The minimum absolute atomic E-state index is 0.0736. The first-order valence-electron chi connectivity index (χ1n) is 6.02. The van der Waals surface area contributed by atoms with Gasteiger partial charge in [0.1, 0.15) is 5.54 Å². The highest BCUT2D eigenvalue weighted by atomic mass is 16.5. The molecule has 1 atom stereocenters. The number of carboxylic acids is 1. The lowest BCUT2D eigenvalue weighted by Gasteiger charge is -2.39. The van der Waals surface area contributed by atoms with Crippen molar-refractivity contribution in [3.8, 4) is 0 Å². The van der Waals surface area contributed by atoms with Crippen LogP contribution in [0.4, 0.5) is 0 Å². The van der Waals surface area contributed by atoms with Crippen LogP contribution < -0.4 is 5.32 Å². The van der Waals surface area contributed by atoms with E-state index in [-0.39, 0.29) is 6.61 Å². The summed E-state index contributed by atoms with van der Waals surface area (Å²) in [6, 6.07) is 0. The van der Waals surface area contributed by atoms with E-state index in [2.05, 4.69) is 5.32 Å². The van der Waals surface area contributed by atoms with Gasteiger partial charge in [-0.2, -0.15) is 0 Å². The Balaban J connectivity index is 4.89. The van der Waals surface area contributed by atoms with Crippen molar-refractivity contribution in [1.29, 1.82) is 0 Å². The molecule has 0 amide bonds. The Bertz CT molecular complexity index is 232. The molecule has 0 saturated carbocycles. The lowest BCUT2D eigenvalue weighted by Crippen LogP contribution is -2.62. The van der Waals surface area contributed by atoms with Gasteiger partial charge in [0.25, 0.3) is 0 Å². The molecule has 3 N–H and O–H groups in total. The zero-order chi connectivity index (χ0) is 13.5. The van der Waals surface area contributed by atoms with Crippen LogP contribution in [0.5, 0.6) is 0 Å².